The summed E-state index contributed by atoms with van der Waals surface area (Å²) in [4.78, 5) is 8.81. The van der Waals surface area contributed by atoms with Crippen molar-refractivity contribution in [3.8, 4) is 0 Å². The lowest BCUT2D eigenvalue weighted by Crippen LogP contribution is -2.29. The van der Waals surface area contributed by atoms with E-state index in [1.807, 2.05) is 0 Å². The molecule has 0 spiro atoms. The molecule has 266 valence electrons. The molecule has 7 aromatic rings. The lowest BCUT2D eigenvalue weighted by Gasteiger charge is -2.31. The zero-order valence-corrected chi connectivity index (χ0v) is 31.7. The molecule has 4 aliphatic rings. The largest absolute Gasteiger partial charge is 0.355 e. The first kappa shape index (κ1) is 32.1. The molecule has 1 N–H and O–H groups in total. The summed E-state index contributed by atoms with van der Waals surface area (Å²) >= 11 is 0. The van der Waals surface area contributed by atoms with Gasteiger partial charge in [0, 0.05) is 56.4 Å². The number of rotatable bonds is 4. The summed E-state index contributed by atoms with van der Waals surface area (Å²) in [5.41, 5.74) is 20.6. The van der Waals surface area contributed by atoms with Crippen LogP contribution in [0.4, 0.5) is 22.7 Å². The molecule has 0 fully saturated rings. The van der Waals surface area contributed by atoms with Gasteiger partial charge in [-0.15, -0.1) is 0 Å². The number of allylic oxidation sites excluding steroid dienone is 4. The molecule has 0 saturated carbocycles. The average Bonchev–Trinajstić information content (AvgIpc) is 3.84. The smallest absolute Gasteiger partial charge is 0.0630 e. The molecule has 4 unspecified atom stereocenters. The van der Waals surface area contributed by atoms with Crippen LogP contribution in [-0.2, 0) is 0 Å². The first-order chi connectivity index (χ1) is 26.9. The molecule has 0 saturated heterocycles. The molecule has 3 nitrogen and oxygen atoms in total. The van der Waals surface area contributed by atoms with Gasteiger partial charge in [0.15, 0.2) is 0 Å². The molecule has 0 radical (unpaired) electrons. The molecule has 1 aromatic heterocycles. The van der Waals surface area contributed by atoms with Crippen LogP contribution in [0.3, 0.4) is 0 Å². The van der Waals surface area contributed by atoms with Gasteiger partial charge in [0.2, 0.25) is 0 Å². The maximum atomic E-state index is 3.72. The first-order valence-corrected chi connectivity index (χ1v) is 19.7. The summed E-state index contributed by atoms with van der Waals surface area (Å²) in [6.07, 6.45) is 14.6. The lowest BCUT2D eigenvalue weighted by atomic mass is 9.85. The van der Waals surface area contributed by atoms with Crippen molar-refractivity contribution in [2.75, 3.05) is 9.80 Å². The van der Waals surface area contributed by atoms with Crippen molar-refractivity contribution in [1.29, 1.82) is 0 Å². The van der Waals surface area contributed by atoms with E-state index in [9.17, 15) is 0 Å². The Morgan fingerprint density at radius 2 is 0.909 bits per heavy atom. The fourth-order valence-electron chi connectivity index (χ4n) is 9.91. The van der Waals surface area contributed by atoms with Gasteiger partial charge in [-0.2, -0.15) is 0 Å². The maximum absolute atomic E-state index is 3.72. The third-order valence-corrected chi connectivity index (χ3v) is 12.6. The van der Waals surface area contributed by atoms with E-state index in [0.29, 0.717) is 0 Å². The van der Waals surface area contributed by atoms with E-state index in [2.05, 4.69) is 200 Å². The molecule has 2 aliphatic heterocycles. The zero-order valence-electron chi connectivity index (χ0n) is 31.7. The Hall–Kier alpha value is -6.32. The highest BCUT2D eigenvalue weighted by Crippen LogP contribution is 2.52. The summed E-state index contributed by atoms with van der Waals surface area (Å²) < 4.78 is 0. The van der Waals surface area contributed by atoms with Crippen molar-refractivity contribution in [3.63, 3.8) is 0 Å². The van der Waals surface area contributed by atoms with Crippen molar-refractivity contribution in [1.82, 2.24) is 4.98 Å². The number of aromatic amines is 1. The third-order valence-electron chi connectivity index (χ3n) is 12.6. The van der Waals surface area contributed by atoms with E-state index in [4.69, 9.17) is 0 Å². The van der Waals surface area contributed by atoms with Crippen LogP contribution in [0.25, 0.3) is 33.0 Å². The van der Waals surface area contributed by atoms with E-state index in [1.54, 1.807) is 0 Å². The molecular formula is C52H43N3. The van der Waals surface area contributed by atoms with Crippen LogP contribution in [0.1, 0.15) is 56.3 Å². The van der Waals surface area contributed by atoms with E-state index >= 15 is 0 Å². The van der Waals surface area contributed by atoms with Crippen LogP contribution in [0.15, 0.2) is 158 Å². The number of hydrogen-bond acceptors (Lipinski definition) is 2. The quantitative estimate of drug-likeness (QED) is 0.197. The van der Waals surface area contributed by atoms with E-state index in [-0.39, 0.29) is 23.9 Å². The molecule has 11 rings (SSSR count). The van der Waals surface area contributed by atoms with Gasteiger partial charge < -0.3 is 14.8 Å². The fraction of sp³-hybridized carbons (Fsp3) is 0.154. The summed E-state index contributed by atoms with van der Waals surface area (Å²) in [7, 11) is 0. The zero-order chi connectivity index (χ0) is 36.9. The fourth-order valence-corrected chi connectivity index (χ4v) is 9.91. The highest BCUT2D eigenvalue weighted by molar-refractivity contribution is 6.09. The minimum absolute atomic E-state index is 0.247. The minimum atomic E-state index is 0.247. The minimum Gasteiger partial charge on any atom is -0.355 e. The van der Waals surface area contributed by atoms with Gasteiger partial charge in [0.1, 0.15) is 0 Å². The second-order valence-electron chi connectivity index (χ2n) is 16.1. The summed E-state index contributed by atoms with van der Waals surface area (Å²) in [6.45, 7) is 8.86. The Morgan fingerprint density at radius 3 is 1.36 bits per heavy atom. The number of hydrogen-bond donors (Lipinski definition) is 1. The summed E-state index contributed by atoms with van der Waals surface area (Å²) in [6, 6.07) is 45.9. The van der Waals surface area contributed by atoms with E-state index in [1.165, 1.54) is 100 Å². The second kappa shape index (κ2) is 12.1. The monoisotopic (exact) mass is 709 g/mol. The number of fused-ring (bicyclic) bond motifs is 9. The van der Waals surface area contributed by atoms with Gasteiger partial charge in [-0.1, -0.05) is 120 Å². The average molecular weight is 710 g/mol. The highest BCUT2D eigenvalue weighted by Gasteiger charge is 2.40. The third kappa shape index (κ3) is 4.96. The number of benzene rings is 6. The number of anilines is 4. The van der Waals surface area contributed by atoms with Crippen molar-refractivity contribution in [2.45, 2.75) is 51.6 Å². The molecule has 6 aromatic carbocycles. The number of nitrogens with zero attached hydrogens (tertiary/aromatic N) is 2. The van der Waals surface area contributed by atoms with Crippen LogP contribution in [0, 0.1) is 27.7 Å². The molecule has 0 amide bonds. The molecule has 3 heterocycles. The van der Waals surface area contributed by atoms with E-state index < -0.39 is 0 Å². The highest BCUT2D eigenvalue weighted by atomic mass is 15.2. The standard InChI is InChI=1S/C52H43N3/c1-31-13-21-49-41(25-31)43-29-37(17-23-51(43)54(49)47-11-7-5-9-33(47)3)35-15-19-45-39(27-35)40-28-36(16-20-46(40)53-45)38-18-24-52-44(30-38)42-26-32(2)14-22-50(42)55(52)48-12-8-6-10-34(48)4/h5-30,43-44,51-53H,1-4H3. The normalized spacial score (nSPS) is 20.7. The summed E-state index contributed by atoms with van der Waals surface area (Å²) in [5.74, 6) is 0.555. The van der Waals surface area contributed by atoms with Crippen molar-refractivity contribution in [2.24, 2.45) is 0 Å². The predicted molar refractivity (Wildman–Crippen MR) is 232 cm³/mol. The lowest BCUT2D eigenvalue weighted by molar-refractivity contribution is 0.745. The van der Waals surface area contributed by atoms with Crippen LogP contribution >= 0.6 is 0 Å². The van der Waals surface area contributed by atoms with Crippen molar-refractivity contribution < 1.29 is 0 Å². The van der Waals surface area contributed by atoms with Crippen molar-refractivity contribution >= 4 is 55.7 Å². The second-order valence-corrected chi connectivity index (χ2v) is 16.1. The Morgan fingerprint density at radius 1 is 0.455 bits per heavy atom. The molecule has 3 heteroatoms. The van der Waals surface area contributed by atoms with Gasteiger partial charge in [0.05, 0.1) is 12.1 Å². The van der Waals surface area contributed by atoms with Crippen LogP contribution < -0.4 is 9.80 Å². The van der Waals surface area contributed by atoms with Crippen LogP contribution in [0.5, 0.6) is 0 Å². The Bertz CT molecular complexity index is 2670. The number of aromatic nitrogens is 1. The number of H-pyrrole nitrogens is 1. The van der Waals surface area contributed by atoms with Gasteiger partial charge in [0.25, 0.3) is 0 Å². The topological polar surface area (TPSA) is 22.3 Å². The van der Waals surface area contributed by atoms with E-state index in [0.717, 1.165) is 0 Å². The van der Waals surface area contributed by atoms with Gasteiger partial charge in [-0.25, -0.2) is 0 Å². The Kier molecular flexibility index (Phi) is 7.07. The van der Waals surface area contributed by atoms with Crippen molar-refractivity contribution in [3.05, 3.63) is 202 Å². The number of aryl methyl sites for hydroxylation is 4. The van der Waals surface area contributed by atoms with Gasteiger partial charge in [-0.05, 0) is 121 Å². The Balaban J connectivity index is 0.962. The molecule has 0 bridgehead atoms. The van der Waals surface area contributed by atoms with Gasteiger partial charge >= 0.3 is 0 Å². The SMILES string of the molecule is Cc1ccc2c(c1)C1C=C(c3ccc4[nH]c5ccc(C6=CC7c8cc(C)ccc8N(c8ccccc8C)C7C=C6)cc5c4c3)C=CC1N2c1ccccc1C. The van der Waals surface area contributed by atoms with Crippen LogP contribution in [-0.4, -0.2) is 17.1 Å². The number of nitrogens with one attached hydrogen (secondary N) is 1. The molecule has 2 aliphatic carbocycles. The van der Waals surface area contributed by atoms with Crippen LogP contribution in [0.2, 0.25) is 0 Å². The number of para-hydroxylation sites is 2. The molecule has 55 heavy (non-hydrogen) atoms. The molecule has 4 atom stereocenters. The summed E-state index contributed by atoms with van der Waals surface area (Å²) in [5, 5.41) is 2.53. The van der Waals surface area contributed by atoms with Gasteiger partial charge in [-0.3, -0.25) is 0 Å². The Labute approximate surface area is 323 Å². The first-order valence-electron chi connectivity index (χ1n) is 19.7. The molecular weight excluding hydrogens is 667 g/mol. The maximum Gasteiger partial charge on any atom is 0.0630 e. The predicted octanol–water partition coefficient (Wildman–Crippen LogP) is 13.1.